The normalized spacial score (nSPS) is 10.7. The maximum absolute atomic E-state index is 12.5. The molecule has 0 aliphatic carbocycles. The van der Waals surface area contributed by atoms with E-state index in [1.54, 1.807) is 18.2 Å². The van der Waals surface area contributed by atoms with Gasteiger partial charge in [-0.15, -0.1) is 10.2 Å². The molecule has 0 amide bonds. The van der Waals surface area contributed by atoms with E-state index in [0.717, 1.165) is 15.8 Å². The molecule has 0 atom stereocenters. The Hall–Kier alpha value is -2.22. The Balaban J connectivity index is 1.81. The third-order valence-corrected chi connectivity index (χ3v) is 5.23. The molecule has 0 aliphatic rings. The first-order valence-corrected chi connectivity index (χ1v) is 9.34. The highest BCUT2D eigenvalue weighted by atomic mass is 35.5. The summed E-state index contributed by atoms with van der Waals surface area (Å²) in [6.45, 7) is 1.89. The van der Waals surface area contributed by atoms with Crippen molar-refractivity contribution < 1.29 is 0 Å². The summed E-state index contributed by atoms with van der Waals surface area (Å²) >= 11 is 13.4. The Kier molecular flexibility index (Phi) is 5.70. The number of aryl methyl sites for hydroxylation is 1. The predicted molar refractivity (Wildman–Crippen MR) is 107 cm³/mol. The number of hydrogen-bond donors (Lipinski definition) is 2. The average molecular weight is 408 g/mol. The number of thioether (sulfide) groups is 1. The van der Waals surface area contributed by atoms with Crippen LogP contribution in [0.25, 0.3) is 0 Å². The van der Waals surface area contributed by atoms with Gasteiger partial charge in [-0.2, -0.15) is 4.68 Å². The number of nitrogen functional groups attached to an aromatic ring is 1. The van der Waals surface area contributed by atoms with Crippen LogP contribution in [-0.4, -0.2) is 14.9 Å². The third kappa shape index (κ3) is 4.12. The van der Waals surface area contributed by atoms with Gasteiger partial charge in [0.2, 0.25) is 11.0 Å². The van der Waals surface area contributed by atoms with Gasteiger partial charge >= 0.3 is 5.56 Å². The van der Waals surface area contributed by atoms with Gasteiger partial charge in [-0.3, -0.25) is 4.79 Å². The van der Waals surface area contributed by atoms with Crippen molar-refractivity contribution in [3.8, 4) is 0 Å². The number of aromatic nitrogens is 3. The summed E-state index contributed by atoms with van der Waals surface area (Å²) in [6, 6.07) is 12.8. The minimum atomic E-state index is -0.485. The van der Waals surface area contributed by atoms with Crippen LogP contribution in [0.5, 0.6) is 0 Å². The molecule has 1 aromatic heterocycles. The highest BCUT2D eigenvalue weighted by molar-refractivity contribution is 7.98. The van der Waals surface area contributed by atoms with Crippen LogP contribution in [0, 0.1) is 6.92 Å². The fraction of sp³-hybridized carbons (Fsp3) is 0.118. The summed E-state index contributed by atoms with van der Waals surface area (Å²) in [5.74, 6) is 6.44. The van der Waals surface area contributed by atoms with Gasteiger partial charge < -0.3 is 11.2 Å². The standard InChI is InChI=1S/C17H15Cl2N5OS/c1-10-6-7-12(18)8-14(10)21-15-16(25)24(20)17(23-22-15)26-9-11-4-2-3-5-13(11)19/h2-8H,9,20H2,1H3,(H,21,22). The highest BCUT2D eigenvalue weighted by Gasteiger charge is 2.13. The van der Waals surface area contributed by atoms with Crippen LogP contribution in [0.15, 0.2) is 52.4 Å². The minimum absolute atomic E-state index is 0.0277. The van der Waals surface area contributed by atoms with E-state index < -0.39 is 5.56 Å². The van der Waals surface area contributed by atoms with E-state index in [-0.39, 0.29) is 5.82 Å². The molecular weight excluding hydrogens is 393 g/mol. The lowest BCUT2D eigenvalue weighted by Crippen LogP contribution is -2.32. The van der Waals surface area contributed by atoms with Gasteiger partial charge in [0, 0.05) is 21.5 Å². The van der Waals surface area contributed by atoms with E-state index in [2.05, 4.69) is 15.5 Å². The van der Waals surface area contributed by atoms with E-state index in [9.17, 15) is 4.79 Å². The van der Waals surface area contributed by atoms with Gasteiger partial charge in [0.25, 0.3) is 0 Å². The molecule has 0 spiro atoms. The number of hydrogen-bond acceptors (Lipinski definition) is 6. The van der Waals surface area contributed by atoms with Crippen LogP contribution in [0.1, 0.15) is 11.1 Å². The predicted octanol–water partition coefficient (Wildman–Crippen LogP) is 4.00. The lowest BCUT2D eigenvalue weighted by molar-refractivity contribution is 0.705. The maximum atomic E-state index is 12.5. The molecule has 9 heteroatoms. The molecule has 26 heavy (non-hydrogen) atoms. The maximum Gasteiger partial charge on any atom is 0.315 e. The van der Waals surface area contributed by atoms with Gasteiger partial charge in [0.1, 0.15) is 0 Å². The second-order valence-electron chi connectivity index (χ2n) is 5.47. The van der Waals surface area contributed by atoms with Crippen LogP contribution < -0.4 is 16.7 Å². The molecule has 0 bridgehead atoms. The number of nitrogens with one attached hydrogen (secondary N) is 1. The van der Waals surface area contributed by atoms with Crippen LogP contribution in [-0.2, 0) is 5.75 Å². The van der Waals surface area contributed by atoms with Crippen molar-refractivity contribution in [3.05, 3.63) is 74.0 Å². The number of nitrogens with zero attached hydrogens (tertiary/aromatic N) is 3. The number of nitrogens with two attached hydrogens (primary N) is 1. The Bertz CT molecular complexity index is 1010. The molecule has 3 rings (SSSR count). The number of rotatable bonds is 5. The minimum Gasteiger partial charge on any atom is -0.334 e. The van der Waals surface area contributed by atoms with Gasteiger partial charge in [0.05, 0.1) is 0 Å². The number of halogens is 2. The van der Waals surface area contributed by atoms with Crippen molar-refractivity contribution >= 4 is 46.5 Å². The fourth-order valence-electron chi connectivity index (χ4n) is 2.18. The summed E-state index contributed by atoms with van der Waals surface area (Å²) in [7, 11) is 0. The summed E-state index contributed by atoms with van der Waals surface area (Å²) in [6.07, 6.45) is 0. The smallest absolute Gasteiger partial charge is 0.315 e. The topological polar surface area (TPSA) is 85.8 Å². The molecule has 2 aromatic carbocycles. The molecule has 0 saturated heterocycles. The first-order chi connectivity index (χ1) is 12.5. The Morgan fingerprint density at radius 3 is 2.73 bits per heavy atom. The van der Waals surface area contributed by atoms with E-state index in [4.69, 9.17) is 29.0 Å². The third-order valence-electron chi connectivity index (χ3n) is 3.63. The van der Waals surface area contributed by atoms with Crippen molar-refractivity contribution in [1.82, 2.24) is 14.9 Å². The lowest BCUT2D eigenvalue weighted by atomic mass is 10.2. The summed E-state index contributed by atoms with van der Waals surface area (Å²) in [5.41, 5.74) is 2.02. The first kappa shape index (κ1) is 18.6. The van der Waals surface area contributed by atoms with Crippen LogP contribution in [0.2, 0.25) is 10.0 Å². The van der Waals surface area contributed by atoms with Crippen molar-refractivity contribution in [2.24, 2.45) is 0 Å². The molecule has 6 nitrogen and oxygen atoms in total. The number of anilines is 2. The Morgan fingerprint density at radius 1 is 1.19 bits per heavy atom. The zero-order valence-corrected chi connectivity index (χ0v) is 16.1. The molecule has 0 aliphatic heterocycles. The van der Waals surface area contributed by atoms with E-state index in [0.29, 0.717) is 26.6 Å². The zero-order valence-electron chi connectivity index (χ0n) is 13.7. The van der Waals surface area contributed by atoms with Crippen LogP contribution in [0.3, 0.4) is 0 Å². The van der Waals surface area contributed by atoms with E-state index in [1.807, 2.05) is 31.2 Å². The zero-order chi connectivity index (χ0) is 18.7. The number of benzene rings is 2. The summed E-state index contributed by atoms with van der Waals surface area (Å²) in [4.78, 5) is 12.5. The van der Waals surface area contributed by atoms with Gasteiger partial charge in [-0.05, 0) is 36.2 Å². The molecule has 0 unspecified atom stereocenters. The molecule has 0 radical (unpaired) electrons. The van der Waals surface area contributed by atoms with Crippen molar-refractivity contribution in [1.29, 1.82) is 0 Å². The van der Waals surface area contributed by atoms with E-state index >= 15 is 0 Å². The monoisotopic (exact) mass is 407 g/mol. The fourth-order valence-corrected chi connectivity index (χ4v) is 3.49. The lowest BCUT2D eigenvalue weighted by Gasteiger charge is -2.11. The summed E-state index contributed by atoms with van der Waals surface area (Å²) in [5, 5.41) is 12.4. The molecule has 0 saturated carbocycles. The largest absolute Gasteiger partial charge is 0.334 e. The second kappa shape index (κ2) is 7.99. The summed E-state index contributed by atoms with van der Waals surface area (Å²) < 4.78 is 0.969. The van der Waals surface area contributed by atoms with Crippen LogP contribution >= 0.6 is 35.0 Å². The quantitative estimate of drug-likeness (QED) is 0.490. The van der Waals surface area contributed by atoms with Crippen LogP contribution in [0.4, 0.5) is 11.5 Å². The van der Waals surface area contributed by atoms with Gasteiger partial charge in [-0.1, -0.05) is 59.2 Å². The van der Waals surface area contributed by atoms with Crippen molar-refractivity contribution in [3.63, 3.8) is 0 Å². The molecule has 3 aromatic rings. The van der Waals surface area contributed by atoms with Gasteiger partial charge in [-0.25, -0.2) is 0 Å². The van der Waals surface area contributed by atoms with Crippen molar-refractivity contribution in [2.45, 2.75) is 17.8 Å². The SMILES string of the molecule is Cc1ccc(Cl)cc1Nc1nnc(SCc2ccccc2Cl)n(N)c1=O. The molecular formula is C17H15Cl2N5OS. The molecule has 0 fully saturated rings. The molecule has 1 heterocycles. The first-order valence-electron chi connectivity index (χ1n) is 7.60. The molecule has 134 valence electrons. The van der Waals surface area contributed by atoms with Crippen molar-refractivity contribution in [2.75, 3.05) is 11.2 Å². The highest BCUT2D eigenvalue weighted by Crippen LogP contribution is 2.25. The molecule has 3 N–H and O–H groups in total. The van der Waals surface area contributed by atoms with E-state index in [1.165, 1.54) is 11.8 Å². The Morgan fingerprint density at radius 2 is 1.96 bits per heavy atom. The Labute approximate surface area is 164 Å². The average Bonchev–Trinajstić information content (AvgIpc) is 2.62. The second-order valence-corrected chi connectivity index (χ2v) is 7.26. The van der Waals surface area contributed by atoms with Gasteiger partial charge in [0.15, 0.2) is 0 Å².